The van der Waals surface area contributed by atoms with Crippen LogP contribution in [0.3, 0.4) is 0 Å². The van der Waals surface area contributed by atoms with Crippen LogP contribution in [-0.4, -0.2) is 49.1 Å². The van der Waals surface area contributed by atoms with Gasteiger partial charge in [0.15, 0.2) is 21.5 Å². The average molecular weight is 349 g/mol. The molecular formula is C14H17F2NO3S2. The Morgan fingerprint density at radius 3 is 2.59 bits per heavy atom. The van der Waals surface area contributed by atoms with E-state index in [0.29, 0.717) is 11.3 Å². The SMILES string of the molecule is CC(Sc1ccc(F)c(F)c1)C(=O)N(C)C1CCS(=O)(=O)C1. The molecule has 1 aliphatic rings. The van der Waals surface area contributed by atoms with Gasteiger partial charge in [-0.25, -0.2) is 17.2 Å². The van der Waals surface area contributed by atoms with Crippen LogP contribution in [0.4, 0.5) is 8.78 Å². The summed E-state index contributed by atoms with van der Waals surface area (Å²) in [7, 11) is -1.48. The Hall–Kier alpha value is -1.15. The summed E-state index contributed by atoms with van der Waals surface area (Å²) in [4.78, 5) is 14.2. The van der Waals surface area contributed by atoms with Gasteiger partial charge >= 0.3 is 0 Å². The minimum absolute atomic E-state index is 0.0161. The van der Waals surface area contributed by atoms with Crippen molar-refractivity contribution in [3.05, 3.63) is 29.8 Å². The van der Waals surface area contributed by atoms with Gasteiger partial charge in [0, 0.05) is 18.0 Å². The van der Waals surface area contributed by atoms with Crippen LogP contribution < -0.4 is 0 Å². The number of carbonyl (C=O) groups excluding carboxylic acids is 1. The smallest absolute Gasteiger partial charge is 0.235 e. The van der Waals surface area contributed by atoms with Gasteiger partial charge in [-0.2, -0.15) is 0 Å². The van der Waals surface area contributed by atoms with Crippen LogP contribution in [0, 0.1) is 11.6 Å². The highest BCUT2D eigenvalue weighted by atomic mass is 32.2. The number of sulfone groups is 1. The van der Waals surface area contributed by atoms with Crippen molar-refractivity contribution in [2.75, 3.05) is 18.6 Å². The maximum atomic E-state index is 13.2. The molecule has 0 saturated carbocycles. The van der Waals surface area contributed by atoms with Crippen LogP contribution in [0.25, 0.3) is 0 Å². The van der Waals surface area contributed by atoms with Crippen LogP contribution in [-0.2, 0) is 14.6 Å². The zero-order valence-corrected chi connectivity index (χ0v) is 13.9. The Morgan fingerprint density at radius 1 is 1.36 bits per heavy atom. The lowest BCUT2D eigenvalue weighted by Crippen LogP contribution is -2.41. The molecule has 1 saturated heterocycles. The maximum Gasteiger partial charge on any atom is 0.235 e. The van der Waals surface area contributed by atoms with E-state index >= 15 is 0 Å². The summed E-state index contributed by atoms with van der Waals surface area (Å²) in [5, 5.41) is -0.516. The molecule has 4 nitrogen and oxygen atoms in total. The Labute approximate surface area is 132 Å². The first kappa shape index (κ1) is 17.2. The van der Waals surface area contributed by atoms with E-state index in [2.05, 4.69) is 0 Å². The van der Waals surface area contributed by atoms with Gasteiger partial charge in [0.2, 0.25) is 5.91 Å². The molecule has 1 fully saturated rings. The predicted octanol–water partition coefficient (Wildman–Crippen LogP) is 2.09. The van der Waals surface area contributed by atoms with E-state index in [1.165, 1.54) is 11.0 Å². The molecule has 0 bridgehead atoms. The molecule has 1 aromatic rings. The van der Waals surface area contributed by atoms with Crippen molar-refractivity contribution in [1.29, 1.82) is 0 Å². The average Bonchev–Trinajstić information content (AvgIpc) is 2.81. The molecule has 2 atom stereocenters. The molecule has 8 heteroatoms. The molecule has 2 rings (SSSR count). The van der Waals surface area contributed by atoms with Gasteiger partial charge in [0.05, 0.1) is 16.8 Å². The number of rotatable bonds is 4. The predicted molar refractivity (Wildman–Crippen MR) is 81.5 cm³/mol. The number of amides is 1. The molecule has 1 aliphatic heterocycles. The van der Waals surface area contributed by atoms with E-state index in [0.717, 1.165) is 23.9 Å². The lowest BCUT2D eigenvalue weighted by molar-refractivity contribution is -0.130. The van der Waals surface area contributed by atoms with Crippen LogP contribution in [0.15, 0.2) is 23.1 Å². The van der Waals surface area contributed by atoms with Gasteiger partial charge in [0.1, 0.15) is 0 Å². The largest absolute Gasteiger partial charge is 0.341 e. The van der Waals surface area contributed by atoms with Crippen molar-refractivity contribution in [3.8, 4) is 0 Å². The molecule has 1 heterocycles. The fourth-order valence-corrected chi connectivity index (χ4v) is 5.12. The number of nitrogens with zero attached hydrogens (tertiary/aromatic N) is 1. The fraction of sp³-hybridized carbons (Fsp3) is 0.500. The second-order valence-corrected chi connectivity index (χ2v) is 8.98. The van der Waals surface area contributed by atoms with Crippen molar-refractivity contribution < 1.29 is 22.0 Å². The van der Waals surface area contributed by atoms with Crippen LogP contribution >= 0.6 is 11.8 Å². The normalized spacial score (nSPS) is 21.5. The lowest BCUT2D eigenvalue weighted by atomic mass is 10.2. The first-order valence-corrected chi connectivity index (χ1v) is 9.48. The topological polar surface area (TPSA) is 54.5 Å². The highest BCUT2D eigenvalue weighted by Gasteiger charge is 2.34. The number of halogens is 2. The second kappa shape index (κ2) is 6.54. The van der Waals surface area contributed by atoms with Gasteiger partial charge in [-0.05, 0) is 31.5 Å². The molecule has 1 amide bonds. The van der Waals surface area contributed by atoms with Gasteiger partial charge in [-0.15, -0.1) is 11.8 Å². The standard InChI is InChI=1S/C14H17F2NO3S2/c1-9(21-11-3-4-12(15)13(16)7-11)14(18)17(2)10-5-6-22(19,20)8-10/h3-4,7,9-10H,5-6,8H2,1-2H3. The molecular weight excluding hydrogens is 332 g/mol. The summed E-state index contributed by atoms with van der Waals surface area (Å²) in [5.41, 5.74) is 0. The van der Waals surface area contributed by atoms with Gasteiger partial charge in [-0.1, -0.05) is 0 Å². The quantitative estimate of drug-likeness (QED) is 0.781. The van der Waals surface area contributed by atoms with E-state index in [4.69, 9.17) is 0 Å². The summed E-state index contributed by atoms with van der Waals surface area (Å²) in [6, 6.07) is 3.16. The van der Waals surface area contributed by atoms with Crippen molar-refractivity contribution in [1.82, 2.24) is 4.90 Å². The molecule has 0 N–H and O–H groups in total. The second-order valence-electron chi connectivity index (χ2n) is 5.34. The summed E-state index contributed by atoms with van der Waals surface area (Å²) in [6.07, 6.45) is 0.438. The third-order valence-corrected chi connectivity index (χ3v) is 6.49. The Morgan fingerprint density at radius 2 is 2.05 bits per heavy atom. The molecule has 0 spiro atoms. The summed E-state index contributed by atoms with van der Waals surface area (Å²) in [5.74, 6) is -2.04. The molecule has 2 unspecified atom stereocenters. The number of hydrogen-bond acceptors (Lipinski definition) is 4. The van der Waals surface area contributed by atoms with Gasteiger partial charge in [0.25, 0.3) is 0 Å². The third-order valence-electron chi connectivity index (χ3n) is 3.66. The summed E-state index contributed by atoms with van der Waals surface area (Å²) >= 11 is 1.11. The van der Waals surface area contributed by atoms with Gasteiger partial charge < -0.3 is 4.90 Å². The van der Waals surface area contributed by atoms with Crippen LogP contribution in [0.5, 0.6) is 0 Å². The summed E-state index contributed by atoms with van der Waals surface area (Å²) in [6.45, 7) is 1.66. The van der Waals surface area contributed by atoms with Crippen LogP contribution in [0.1, 0.15) is 13.3 Å². The molecule has 0 aromatic heterocycles. The maximum absolute atomic E-state index is 13.2. The number of hydrogen-bond donors (Lipinski definition) is 0. The Balaban J connectivity index is 2.01. The van der Waals surface area contributed by atoms with E-state index < -0.39 is 26.7 Å². The highest BCUT2D eigenvalue weighted by molar-refractivity contribution is 8.00. The van der Waals surface area contributed by atoms with Gasteiger partial charge in [-0.3, -0.25) is 4.79 Å². The highest BCUT2D eigenvalue weighted by Crippen LogP contribution is 2.27. The van der Waals surface area contributed by atoms with Crippen molar-refractivity contribution in [2.45, 2.75) is 29.5 Å². The van der Waals surface area contributed by atoms with E-state index in [1.54, 1.807) is 14.0 Å². The van der Waals surface area contributed by atoms with Crippen molar-refractivity contribution in [2.24, 2.45) is 0 Å². The summed E-state index contributed by atoms with van der Waals surface area (Å²) < 4.78 is 49.0. The monoisotopic (exact) mass is 349 g/mol. The number of thioether (sulfide) groups is 1. The minimum atomic E-state index is -3.06. The fourth-order valence-electron chi connectivity index (χ4n) is 2.35. The van der Waals surface area contributed by atoms with Crippen molar-refractivity contribution in [3.63, 3.8) is 0 Å². The molecule has 0 radical (unpaired) electrons. The Bertz CT molecular complexity index is 679. The minimum Gasteiger partial charge on any atom is -0.341 e. The first-order chi connectivity index (χ1) is 10.2. The van der Waals surface area contributed by atoms with Crippen molar-refractivity contribution >= 4 is 27.5 Å². The zero-order valence-electron chi connectivity index (χ0n) is 12.3. The number of benzene rings is 1. The van der Waals surface area contributed by atoms with E-state index in [-0.39, 0.29) is 23.5 Å². The van der Waals surface area contributed by atoms with E-state index in [9.17, 15) is 22.0 Å². The molecule has 0 aliphatic carbocycles. The van der Waals surface area contributed by atoms with E-state index in [1.807, 2.05) is 0 Å². The Kier molecular flexibility index (Phi) is 5.11. The third kappa shape index (κ3) is 3.98. The molecule has 122 valence electrons. The zero-order chi connectivity index (χ0) is 16.5. The number of carbonyl (C=O) groups is 1. The van der Waals surface area contributed by atoms with Crippen LogP contribution in [0.2, 0.25) is 0 Å². The molecule has 1 aromatic carbocycles. The first-order valence-electron chi connectivity index (χ1n) is 6.78. The lowest BCUT2D eigenvalue weighted by Gasteiger charge is -2.26. The molecule has 22 heavy (non-hydrogen) atoms.